The van der Waals surface area contributed by atoms with Gasteiger partial charge in [0.05, 0.1) is 10.7 Å². The highest BCUT2D eigenvalue weighted by molar-refractivity contribution is 6.33. The molecule has 1 aromatic rings. The zero-order valence-electron chi connectivity index (χ0n) is 11.5. The Bertz CT molecular complexity index is 478. The number of nitrogen functional groups attached to an aromatic ring is 1. The summed E-state index contributed by atoms with van der Waals surface area (Å²) in [7, 11) is 0. The number of aliphatic hydroxyl groups excluding tert-OH is 1. The Labute approximate surface area is 122 Å². The molecule has 1 unspecified atom stereocenters. The maximum absolute atomic E-state index is 11.1. The minimum absolute atomic E-state index is 0.0525. The van der Waals surface area contributed by atoms with Crippen LogP contribution in [0, 0.1) is 0 Å². The van der Waals surface area contributed by atoms with Gasteiger partial charge in [0.15, 0.2) is 0 Å². The number of carboxylic acids is 1. The highest BCUT2D eigenvalue weighted by Gasteiger charge is 2.17. The van der Waals surface area contributed by atoms with Gasteiger partial charge in [-0.2, -0.15) is 0 Å². The van der Waals surface area contributed by atoms with Crippen LogP contribution in [0.5, 0.6) is 5.75 Å². The molecule has 0 fully saturated rings. The van der Waals surface area contributed by atoms with Crippen LogP contribution in [0.1, 0.15) is 24.2 Å². The summed E-state index contributed by atoms with van der Waals surface area (Å²) in [5.41, 5.74) is 5.77. The molecule has 0 radical (unpaired) electrons. The normalized spacial score (nSPS) is 12.4. The standard InChI is InChI=1S/C13H19ClN2O4/c1-3-16(4-2)12(17)7-20-11-6-10(15)9(14)5-8(11)13(18)19/h5-6,12,17H,3-4,7,15H2,1-2H3,(H,18,19). The quantitative estimate of drug-likeness (QED) is 0.523. The molecule has 1 aromatic carbocycles. The topological polar surface area (TPSA) is 96.0 Å². The summed E-state index contributed by atoms with van der Waals surface area (Å²) in [6, 6.07) is 2.58. The van der Waals surface area contributed by atoms with Crippen molar-refractivity contribution < 1.29 is 19.7 Å². The molecule has 112 valence electrons. The van der Waals surface area contributed by atoms with Crippen LogP contribution in [0.25, 0.3) is 0 Å². The molecule has 0 saturated carbocycles. The molecule has 7 heteroatoms. The number of carbonyl (C=O) groups is 1. The summed E-state index contributed by atoms with van der Waals surface area (Å²) in [4.78, 5) is 12.9. The van der Waals surface area contributed by atoms with Crippen molar-refractivity contribution in [3.63, 3.8) is 0 Å². The van der Waals surface area contributed by atoms with E-state index in [9.17, 15) is 9.90 Å². The first-order valence-electron chi connectivity index (χ1n) is 6.27. The maximum Gasteiger partial charge on any atom is 0.339 e. The minimum atomic E-state index is -1.17. The molecule has 0 bridgehead atoms. The molecule has 6 nitrogen and oxygen atoms in total. The predicted octanol–water partition coefficient (Wildman–Crippen LogP) is 1.66. The molecule has 0 aromatic heterocycles. The molecule has 1 atom stereocenters. The van der Waals surface area contributed by atoms with Gasteiger partial charge in [-0.3, -0.25) is 4.90 Å². The summed E-state index contributed by atoms with van der Waals surface area (Å²) in [5, 5.41) is 19.2. The van der Waals surface area contributed by atoms with Gasteiger partial charge in [0.2, 0.25) is 0 Å². The number of hydrogen-bond acceptors (Lipinski definition) is 5. The number of hydrogen-bond donors (Lipinski definition) is 3. The number of anilines is 1. The molecule has 0 aliphatic rings. The Kier molecular flexibility index (Phi) is 6.06. The second kappa shape index (κ2) is 7.33. The van der Waals surface area contributed by atoms with Crippen molar-refractivity contribution >= 4 is 23.3 Å². The Morgan fingerprint density at radius 2 is 2.05 bits per heavy atom. The van der Waals surface area contributed by atoms with Gasteiger partial charge in [-0.05, 0) is 19.2 Å². The van der Waals surface area contributed by atoms with Crippen molar-refractivity contribution in [1.82, 2.24) is 4.90 Å². The third kappa shape index (κ3) is 4.00. The van der Waals surface area contributed by atoms with Crippen LogP contribution in [0.15, 0.2) is 12.1 Å². The number of rotatable bonds is 7. The van der Waals surface area contributed by atoms with Gasteiger partial charge in [-0.1, -0.05) is 25.4 Å². The predicted molar refractivity (Wildman–Crippen MR) is 77.2 cm³/mol. The van der Waals surface area contributed by atoms with Gasteiger partial charge in [0.25, 0.3) is 0 Å². The second-order valence-corrected chi connectivity index (χ2v) is 4.60. The highest BCUT2D eigenvalue weighted by atomic mass is 35.5. The van der Waals surface area contributed by atoms with E-state index in [0.29, 0.717) is 13.1 Å². The van der Waals surface area contributed by atoms with Crippen molar-refractivity contribution in [1.29, 1.82) is 0 Å². The van der Waals surface area contributed by atoms with E-state index in [2.05, 4.69) is 0 Å². The Morgan fingerprint density at radius 1 is 1.45 bits per heavy atom. The van der Waals surface area contributed by atoms with Gasteiger partial charge in [0, 0.05) is 6.07 Å². The molecule has 20 heavy (non-hydrogen) atoms. The maximum atomic E-state index is 11.1. The summed E-state index contributed by atoms with van der Waals surface area (Å²) in [5.74, 6) is -1.08. The third-order valence-electron chi connectivity index (χ3n) is 2.95. The van der Waals surface area contributed by atoms with E-state index in [-0.39, 0.29) is 28.6 Å². The van der Waals surface area contributed by atoms with Crippen LogP contribution < -0.4 is 10.5 Å². The number of nitrogens with zero attached hydrogens (tertiary/aromatic N) is 1. The molecule has 0 heterocycles. The second-order valence-electron chi connectivity index (χ2n) is 4.19. The largest absolute Gasteiger partial charge is 0.488 e. The fraction of sp³-hybridized carbons (Fsp3) is 0.462. The van der Waals surface area contributed by atoms with Crippen molar-refractivity contribution in [2.45, 2.75) is 20.1 Å². The molecular weight excluding hydrogens is 284 g/mol. The van der Waals surface area contributed by atoms with Gasteiger partial charge in [-0.25, -0.2) is 4.79 Å². The summed E-state index contributed by atoms with van der Waals surface area (Å²) >= 11 is 5.79. The van der Waals surface area contributed by atoms with E-state index in [1.165, 1.54) is 12.1 Å². The van der Waals surface area contributed by atoms with Crippen LogP contribution >= 0.6 is 11.6 Å². The molecule has 0 saturated heterocycles. The lowest BCUT2D eigenvalue weighted by Gasteiger charge is -2.25. The van der Waals surface area contributed by atoms with E-state index in [1.54, 1.807) is 4.90 Å². The monoisotopic (exact) mass is 302 g/mol. The number of likely N-dealkylation sites (N-methyl/N-ethyl adjacent to an activating group) is 1. The highest BCUT2D eigenvalue weighted by Crippen LogP contribution is 2.29. The number of halogens is 1. The van der Waals surface area contributed by atoms with E-state index in [0.717, 1.165) is 0 Å². The molecule has 0 spiro atoms. The summed E-state index contributed by atoms with van der Waals surface area (Å²) in [6.07, 6.45) is -0.816. The third-order valence-corrected chi connectivity index (χ3v) is 3.28. The summed E-state index contributed by atoms with van der Waals surface area (Å²) < 4.78 is 5.37. The molecule has 4 N–H and O–H groups in total. The van der Waals surface area contributed by atoms with Crippen LogP contribution in [-0.2, 0) is 0 Å². The van der Waals surface area contributed by atoms with E-state index in [1.807, 2.05) is 13.8 Å². The fourth-order valence-corrected chi connectivity index (χ4v) is 1.93. The zero-order valence-corrected chi connectivity index (χ0v) is 12.2. The number of benzene rings is 1. The lowest BCUT2D eigenvalue weighted by molar-refractivity contribution is -0.0222. The molecular formula is C13H19ClN2O4. The Hall–Kier alpha value is -1.50. The van der Waals surface area contributed by atoms with Crippen LogP contribution in [0.2, 0.25) is 5.02 Å². The number of carboxylic acid groups (broad SMARTS) is 1. The SMILES string of the molecule is CCN(CC)C(O)COc1cc(N)c(Cl)cc1C(=O)O. The molecule has 1 rings (SSSR count). The molecule has 0 aliphatic heterocycles. The first kappa shape index (κ1) is 16.6. The molecule has 0 aliphatic carbocycles. The Morgan fingerprint density at radius 3 is 2.55 bits per heavy atom. The van der Waals surface area contributed by atoms with E-state index >= 15 is 0 Å². The average Bonchev–Trinajstić information content (AvgIpc) is 2.40. The Balaban J connectivity index is 2.87. The van der Waals surface area contributed by atoms with Crippen LogP contribution in [-0.4, -0.2) is 47.0 Å². The number of aromatic carboxylic acids is 1. The van der Waals surface area contributed by atoms with Crippen LogP contribution in [0.4, 0.5) is 5.69 Å². The number of nitrogens with two attached hydrogens (primary N) is 1. The summed E-state index contributed by atoms with van der Waals surface area (Å²) in [6.45, 7) is 5.10. The van der Waals surface area contributed by atoms with Crippen LogP contribution in [0.3, 0.4) is 0 Å². The van der Waals surface area contributed by atoms with Crippen molar-refractivity contribution in [3.05, 3.63) is 22.7 Å². The van der Waals surface area contributed by atoms with Gasteiger partial charge in [-0.15, -0.1) is 0 Å². The molecule has 0 amide bonds. The van der Waals surface area contributed by atoms with Gasteiger partial charge < -0.3 is 20.7 Å². The first-order chi connectivity index (χ1) is 9.40. The van der Waals surface area contributed by atoms with Crippen molar-refractivity contribution in [3.8, 4) is 5.75 Å². The lowest BCUT2D eigenvalue weighted by Crippen LogP contribution is -2.39. The van der Waals surface area contributed by atoms with E-state index < -0.39 is 12.2 Å². The first-order valence-corrected chi connectivity index (χ1v) is 6.65. The lowest BCUT2D eigenvalue weighted by atomic mass is 10.2. The average molecular weight is 303 g/mol. The number of ether oxygens (including phenoxy) is 1. The van der Waals surface area contributed by atoms with Gasteiger partial charge in [0.1, 0.15) is 24.1 Å². The van der Waals surface area contributed by atoms with Crippen molar-refractivity contribution in [2.75, 3.05) is 25.4 Å². The fourth-order valence-electron chi connectivity index (χ4n) is 1.77. The zero-order chi connectivity index (χ0) is 15.3. The van der Waals surface area contributed by atoms with E-state index in [4.69, 9.17) is 27.2 Å². The van der Waals surface area contributed by atoms with Gasteiger partial charge >= 0.3 is 5.97 Å². The minimum Gasteiger partial charge on any atom is -0.488 e. The smallest absolute Gasteiger partial charge is 0.339 e. The van der Waals surface area contributed by atoms with Crippen molar-refractivity contribution in [2.24, 2.45) is 0 Å². The number of aliphatic hydroxyl groups is 1.